The van der Waals surface area contributed by atoms with Gasteiger partial charge in [-0.1, -0.05) is 12.1 Å². The molecule has 2 rings (SSSR count). The van der Waals surface area contributed by atoms with Gasteiger partial charge < -0.3 is 20.5 Å². The van der Waals surface area contributed by atoms with Gasteiger partial charge in [0.05, 0.1) is 37.4 Å². The van der Waals surface area contributed by atoms with Gasteiger partial charge in [-0.15, -0.1) is 0 Å². The molecule has 2 amide bonds. The van der Waals surface area contributed by atoms with Crippen LogP contribution < -0.4 is 24.8 Å². The van der Waals surface area contributed by atoms with Gasteiger partial charge in [-0.05, 0) is 31.2 Å². The Morgan fingerprint density at radius 3 is 2.31 bits per heavy atom. The predicted octanol–water partition coefficient (Wildman–Crippen LogP) is 1.60. The molecule has 1 atom stereocenters. The van der Waals surface area contributed by atoms with Gasteiger partial charge in [-0.2, -0.15) is 0 Å². The Hall–Kier alpha value is -3.27. The van der Waals surface area contributed by atoms with E-state index in [1.54, 1.807) is 24.3 Å². The van der Waals surface area contributed by atoms with Crippen molar-refractivity contribution in [1.29, 1.82) is 0 Å². The fourth-order valence-electron chi connectivity index (χ4n) is 2.79. The molecule has 0 spiro atoms. The van der Waals surface area contributed by atoms with E-state index in [4.69, 9.17) is 15.2 Å². The molecule has 3 N–H and O–H groups in total. The molecule has 0 aromatic heterocycles. The molecule has 9 nitrogen and oxygen atoms in total. The van der Waals surface area contributed by atoms with E-state index in [0.29, 0.717) is 5.75 Å². The molecule has 0 aliphatic rings. The molecule has 0 aliphatic heterocycles. The average molecular weight is 421 g/mol. The number of nitrogens with one attached hydrogen (secondary N) is 1. The lowest BCUT2D eigenvalue weighted by atomic mass is 10.1. The standard InChI is InChI=1S/C19H23N3O6S/c1-12(19(24)21-15-8-6-5-7-14(15)18(20)23)22(29(4,25)26)16-11-13(27-2)9-10-17(16)28-3/h5-12H,1-4H3,(H2,20,23)(H,21,24)/t12-/m1/s1. The van der Waals surface area contributed by atoms with Gasteiger partial charge in [0, 0.05) is 6.07 Å². The highest BCUT2D eigenvalue weighted by Crippen LogP contribution is 2.35. The molecular formula is C19H23N3O6S. The summed E-state index contributed by atoms with van der Waals surface area (Å²) in [5.41, 5.74) is 5.76. The minimum absolute atomic E-state index is 0.109. The third-order valence-electron chi connectivity index (χ3n) is 4.16. The number of benzene rings is 2. The molecular weight excluding hydrogens is 398 g/mol. The van der Waals surface area contributed by atoms with Crippen molar-refractivity contribution in [3.63, 3.8) is 0 Å². The van der Waals surface area contributed by atoms with Crippen molar-refractivity contribution < 1.29 is 27.5 Å². The van der Waals surface area contributed by atoms with Crippen molar-refractivity contribution in [2.75, 3.05) is 30.1 Å². The molecule has 2 aromatic carbocycles. The van der Waals surface area contributed by atoms with Crippen LogP contribution in [0.25, 0.3) is 0 Å². The Morgan fingerprint density at radius 2 is 1.76 bits per heavy atom. The van der Waals surface area contributed by atoms with E-state index in [1.807, 2.05) is 0 Å². The fourth-order valence-corrected chi connectivity index (χ4v) is 3.96. The number of carbonyl (C=O) groups excluding carboxylic acids is 2. The van der Waals surface area contributed by atoms with Crippen LogP contribution in [0.4, 0.5) is 11.4 Å². The van der Waals surface area contributed by atoms with Crippen molar-refractivity contribution in [3.05, 3.63) is 48.0 Å². The van der Waals surface area contributed by atoms with Crippen molar-refractivity contribution >= 4 is 33.2 Å². The number of nitrogens with two attached hydrogens (primary N) is 1. The number of para-hydroxylation sites is 1. The van der Waals surface area contributed by atoms with E-state index in [-0.39, 0.29) is 22.7 Å². The Labute approximate surface area is 169 Å². The highest BCUT2D eigenvalue weighted by Gasteiger charge is 2.32. The zero-order chi connectivity index (χ0) is 21.8. The van der Waals surface area contributed by atoms with Gasteiger partial charge in [-0.3, -0.25) is 13.9 Å². The molecule has 0 unspecified atom stereocenters. The van der Waals surface area contributed by atoms with Crippen LogP contribution in [-0.4, -0.2) is 46.7 Å². The number of primary amides is 1. The third-order valence-corrected chi connectivity index (χ3v) is 5.39. The van der Waals surface area contributed by atoms with Crippen LogP contribution >= 0.6 is 0 Å². The fraction of sp³-hybridized carbons (Fsp3) is 0.263. The first-order chi connectivity index (χ1) is 13.6. The van der Waals surface area contributed by atoms with Gasteiger partial charge in [0.25, 0.3) is 5.91 Å². The van der Waals surface area contributed by atoms with Crippen molar-refractivity contribution in [2.45, 2.75) is 13.0 Å². The summed E-state index contributed by atoms with van der Waals surface area (Å²) in [6.45, 7) is 1.42. The van der Waals surface area contributed by atoms with Gasteiger partial charge in [-0.25, -0.2) is 8.42 Å². The maximum absolute atomic E-state index is 12.9. The van der Waals surface area contributed by atoms with Gasteiger partial charge in [0.15, 0.2) is 0 Å². The van der Waals surface area contributed by atoms with Crippen molar-refractivity contribution in [1.82, 2.24) is 0 Å². The van der Waals surface area contributed by atoms with Crippen LogP contribution in [0.2, 0.25) is 0 Å². The number of anilines is 2. The molecule has 156 valence electrons. The first-order valence-corrected chi connectivity index (χ1v) is 10.4. The summed E-state index contributed by atoms with van der Waals surface area (Å²) in [5, 5.41) is 2.56. The highest BCUT2D eigenvalue weighted by atomic mass is 32.2. The van der Waals surface area contributed by atoms with Crippen LogP contribution in [-0.2, 0) is 14.8 Å². The molecule has 0 fully saturated rings. The minimum atomic E-state index is -3.89. The number of carbonyl (C=O) groups is 2. The smallest absolute Gasteiger partial charge is 0.250 e. The Morgan fingerprint density at radius 1 is 1.10 bits per heavy atom. The van der Waals surface area contributed by atoms with Crippen LogP contribution in [0.3, 0.4) is 0 Å². The number of ether oxygens (including phenoxy) is 2. The second-order valence-corrected chi connectivity index (χ2v) is 8.03. The summed E-state index contributed by atoms with van der Waals surface area (Å²) >= 11 is 0. The first kappa shape index (κ1) is 22.0. The van der Waals surface area contributed by atoms with E-state index in [0.717, 1.165) is 10.6 Å². The van der Waals surface area contributed by atoms with Crippen LogP contribution in [0.15, 0.2) is 42.5 Å². The average Bonchev–Trinajstić information content (AvgIpc) is 2.67. The molecule has 0 bridgehead atoms. The molecule has 0 aliphatic carbocycles. The van der Waals surface area contributed by atoms with Gasteiger partial charge >= 0.3 is 0 Å². The number of nitrogens with zero attached hydrogens (tertiary/aromatic N) is 1. The van der Waals surface area contributed by atoms with E-state index < -0.39 is 27.9 Å². The van der Waals surface area contributed by atoms with E-state index in [2.05, 4.69) is 5.32 Å². The molecule has 10 heteroatoms. The SMILES string of the molecule is COc1ccc(OC)c(N([C@H](C)C(=O)Nc2ccccc2C(N)=O)S(C)(=O)=O)c1. The summed E-state index contributed by atoms with van der Waals surface area (Å²) in [6.07, 6.45) is 0.979. The van der Waals surface area contributed by atoms with Crippen LogP contribution in [0.5, 0.6) is 11.5 Å². The number of sulfonamides is 1. The van der Waals surface area contributed by atoms with Gasteiger partial charge in [0.1, 0.15) is 17.5 Å². The monoisotopic (exact) mass is 421 g/mol. The second kappa shape index (κ2) is 8.82. The number of methoxy groups -OCH3 is 2. The Balaban J connectivity index is 2.47. The van der Waals surface area contributed by atoms with Crippen LogP contribution in [0.1, 0.15) is 17.3 Å². The number of hydrogen-bond donors (Lipinski definition) is 2. The number of hydrogen-bond acceptors (Lipinski definition) is 6. The lowest BCUT2D eigenvalue weighted by Gasteiger charge is -2.29. The lowest BCUT2D eigenvalue weighted by Crippen LogP contribution is -2.45. The minimum Gasteiger partial charge on any atom is -0.497 e. The zero-order valence-corrected chi connectivity index (χ0v) is 17.3. The summed E-state index contributed by atoms with van der Waals surface area (Å²) in [6, 6.07) is 9.61. The second-order valence-electron chi connectivity index (χ2n) is 6.17. The Bertz CT molecular complexity index is 1020. The molecule has 0 heterocycles. The van der Waals surface area contributed by atoms with E-state index >= 15 is 0 Å². The summed E-state index contributed by atoms with van der Waals surface area (Å²) in [4.78, 5) is 24.4. The maximum atomic E-state index is 12.9. The first-order valence-electron chi connectivity index (χ1n) is 8.51. The van der Waals surface area contributed by atoms with Crippen molar-refractivity contribution in [3.8, 4) is 11.5 Å². The lowest BCUT2D eigenvalue weighted by molar-refractivity contribution is -0.116. The largest absolute Gasteiger partial charge is 0.497 e. The molecule has 0 saturated heterocycles. The van der Waals surface area contributed by atoms with E-state index in [1.165, 1.54) is 39.3 Å². The summed E-state index contributed by atoms with van der Waals surface area (Å²) in [7, 11) is -1.07. The highest BCUT2D eigenvalue weighted by molar-refractivity contribution is 7.92. The molecule has 0 saturated carbocycles. The Kier molecular flexibility index (Phi) is 6.70. The van der Waals surface area contributed by atoms with Crippen molar-refractivity contribution in [2.24, 2.45) is 5.73 Å². The molecule has 0 radical (unpaired) electrons. The topological polar surface area (TPSA) is 128 Å². The van der Waals surface area contributed by atoms with E-state index in [9.17, 15) is 18.0 Å². The maximum Gasteiger partial charge on any atom is 0.250 e. The zero-order valence-electron chi connectivity index (χ0n) is 16.5. The third kappa shape index (κ3) is 4.96. The summed E-state index contributed by atoms with van der Waals surface area (Å²) in [5.74, 6) is -0.744. The number of rotatable bonds is 8. The molecule has 2 aromatic rings. The number of amides is 2. The van der Waals surface area contributed by atoms with Crippen LogP contribution in [0, 0.1) is 0 Å². The normalized spacial score (nSPS) is 12.0. The quantitative estimate of drug-likeness (QED) is 0.666. The molecule has 29 heavy (non-hydrogen) atoms. The van der Waals surface area contributed by atoms with Gasteiger partial charge in [0.2, 0.25) is 15.9 Å². The predicted molar refractivity (Wildman–Crippen MR) is 110 cm³/mol. The summed E-state index contributed by atoms with van der Waals surface area (Å²) < 4.78 is 36.5.